The molecular weight excluding hydrogens is 246 g/mol. The van der Waals surface area contributed by atoms with Crippen LogP contribution in [-0.2, 0) is 9.53 Å². The van der Waals surface area contributed by atoms with Crippen molar-refractivity contribution in [3.05, 3.63) is 28.8 Å². The van der Waals surface area contributed by atoms with Crippen LogP contribution in [0.4, 0.5) is 0 Å². The van der Waals surface area contributed by atoms with Gasteiger partial charge in [0.25, 0.3) is 5.91 Å². The van der Waals surface area contributed by atoms with Crippen molar-refractivity contribution in [2.24, 2.45) is 0 Å². The second-order valence-corrected chi connectivity index (χ2v) is 3.84. The topological polar surface area (TPSA) is 66.8 Å². The molecular formula is C11H12ClNO4. The summed E-state index contributed by atoms with van der Waals surface area (Å²) in [5, 5.41) is 9.85. The molecule has 0 fully saturated rings. The summed E-state index contributed by atoms with van der Waals surface area (Å²) in [6.45, 7) is -0.193. The van der Waals surface area contributed by atoms with Crippen molar-refractivity contribution in [2.75, 3.05) is 20.7 Å². The summed E-state index contributed by atoms with van der Waals surface area (Å²) in [5.41, 5.74) is 0.0453. The molecule has 1 N–H and O–H groups in total. The van der Waals surface area contributed by atoms with E-state index in [9.17, 15) is 14.7 Å². The lowest BCUT2D eigenvalue weighted by molar-refractivity contribution is -0.141. The fraction of sp³-hybridized carbons (Fsp3) is 0.273. The maximum atomic E-state index is 11.9. The molecule has 0 saturated carbocycles. The molecule has 0 heterocycles. The molecule has 0 aromatic heterocycles. The number of ether oxygens (including phenoxy) is 1. The second kappa shape index (κ2) is 5.54. The Bertz CT molecular complexity index is 447. The Morgan fingerprint density at radius 1 is 1.47 bits per heavy atom. The number of phenolic OH excluding ortho intramolecular Hbond substituents is 1. The second-order valence-electron chi connectivity index (χ2n) is 3.40. The summed E-state index contributed by atoms with van der Waals surface area (Å²) in [5.74, 6) is -1.23. The third-order valence-electron chi connectivity index (χ3n) is 2.13. The number of hydrogen-bond donors (Lipinski definition) is 1. The zero-order valence-corrected chi connectivity index (χ0v) is 10.2. The Kier molecular flexibility index (Phi) is 4.34. The van der Waals surface area contributed by atoms with Gasteiger partial charge in [-0.3, -0.25) is 9.59 Å². The number of carbonyl (C=O) groups excluding carboxylic acids is 2. The van der Waals surface area contributed by atoms with Gasteiger partial charge in [-0.25, -0.2) is 0 Å². The molecule has 0 saturated heterocycles. The molecule has 1 rings (SSSR count). The van der Waals surface area contributed by atoms with Crippen molar-refractivity contribution in [2.45, 2.75) is 0 Å². The highest BCUT2D eigenvalue weighted by Gasteiger charge is 2.18. The normalized spacial score (nSPS) is 9.82. The molecule has 5 nitrogen and oxygen atoms in total. The number of rotatable bonds is 3. The lowest BCUT2D eigenvalue weighted by Gasteiger charge is -2.16. The highest BCUT2D eigenvalue weighted by atomic mass is 35.5. The summed E-state index contributed by atoms with van der Waals surface area (Å²) in [4.78, 5) is 24.0. The third kappa shape index (κ3) is 3.35. The van der Waals surface area contributed by atoms with E-state index < -0.39 is 11.9 Å². The largest absolute Gasteiger partial charge is 0.507 e. The molecule has 17 heavy (non-hydrogen) atoms. The number of halogens is 1. The summed E-state index contributed by atoms with van der Waals surface area (Å²) in [6, 6.07) is 4.13. The van der Waals surface area contributed by atoms with Gasteiger partial charge in [0, 0.05) is 12.1 Å². The lowest BCUT2D eigenvalue weighted by atomic mass is 10.2. The SMILES string of the molecule is COC(=O)CN(C)C(=O)c1cc(Cl)ccc1O. The summed E-state index contributed by atoms with van der Waals surface area (Å²) in [6.07, 6.45) is 0. The van der Waals surface area contributed by atoms with Gasteiger partial charge in [-0.05, 0) is 18.2 Å². The molecule has 1 aromatic carbocycles. The minimum absolute atomic E-state index is 0.0453. The van der Waals surface area contributed by atoms with Crippen molar-refractivity contribution in [1.29, 1.82) is 0 Å². The highest BCUT2D eigenvalue weighted by molar-refractivity contribution is 6.31. The van der Waals surface area contributed by atoms with Crippen molar-refractivity contribution >= 4 is 23.5 Å². The number of benzene rings is 1. The van der Waals surface area contributed by atoms with Crippen LogP contribution in [0.25, 0.3) is 0 Å². The number of amides is 1. The standard InChI is InChI=1S/C11H12ClNO4/c1-13(6-10(15)17-2)11(16)8-5-7(12)3-4-9(8)14/h3-5,14H,6H2,1-2H3. The smallest absolute Gasteiger partial charge is 0.325 e. The van der Waals surface area contributed by atoms with Gasteiger partial charge in [0.2, 0.25) is 0 Å². The van der Waals surface area contributed by atoms with Crippen LogP contribution in [0, 0.1) is 0 Å². The first-order valence-electron chi connectivity index (χ1n) is 4.76. The molecule has 6 heteroatoms. The highest BCUT2D eigenvalue weighted by Crippen LogP contribution is 2.22. The number of phenols is 1. The Hall–Kier alpha value is -1.75. The lowest BCUT2D eigenvalue weighted by Crippen LogP contribution is -2.32. The number of carbonyl (C=O) groups is 2. The molecule has 0 aliphatic heterocycles. The van der Waals surface area contributed by atoms with Crippen molar-refractivity contribution in [3.63, 3.8) is 0 Å². The van der Waals surface area contributed by atoms with Crippen molar-refractivity contribution in [1.82, 2.24) is 4.90 Å². The van der Waals surface area contributed by atoms with Gasteiger partial charge < -0.3 is 14.7 Å². The molecule has 0 aliphatic rings. The zero-order valence-electron chi connectivity index (χ0n) is 9.44. The first-order valence-corrected chi connectivity index (χ1v) is 5.14. The van der Waals surface area contributed by atoms with E-state index in [0.29, 0.717) is 5.02 Å². The Morgan fingerprint density at radius 2 is 2.12 bits per heavy atom. The van der Waals surface area contributed by atoms with E-state index in [0.717, 1.165) is 4.90 Å². The van der Waals surface area contributed by atoms with Crippen LogP contribution in [0.1, 0.15) is 10.4 Å². The fourth-order valence-corrected chi connectivity index (χ4v) is 1.39. The van der Waals surface area contributed by atoms with Crippen LogP contribution < -0.4 is 0 Å². The van der Waals surface area contributed by atoms with E-state index >= 15 is 0 Å². The molecule has 92 valence electrons. The number of likely N-dealkylation sites (N-methyl/N-ethyl adjacent to an activating group) is 1. The van der Waals surface area contributed by atoms with Crippen LogP contribution >= 0.6 is 11.6 Å². The molecule has 0 aliphatic carbocycles. The summed E-state index contributed by atoms with van der Waals surface area (Å²) in [7, 11) is 2.66. The van der Waals surface area contributed by atoms with E-state index in [1.165, 1.54) is 32.4 Å². The van der Waals surface area contributed by atoms with Gasteiger partial charge in [-0.1, -0.05) is 11.6 Å². The van der Waals surface area contributed by atoms with Gasteiger partial charge >= 0.3 is 5.97 Å². The predicted molar refractivity (Wildman–Crippen MR) is 62.1 cm³/mol. The Morgan fingerprint density at radius 3 is 2.71 bits per heavy atom. The van der Waals surface area contributed by atoms with Gasteiger partial charge in [-0.15, -0.1) is 0 Å². The molecule has 0 atom stereocenters. The number of esters is 1. The van der Waals surface area contributed by atoms with Crippen molar-refractivity contribution < 1.29 is 19.4 Å². The molecule has 1 amide bonds. The average molecular weight is 258 g/mol. The van der Waals surface area contributed by atoms with Gasteiger partial charge in [0.15, 0.2) is 0 Å². The molecule has 0 unspecified atom stereocenters. The fourth-order valence-electron chi connectivity index (χ4n) is 1.22. The van der Waals surface area contributed by atoms with E-state index in [4.69, 9.17) is 11.6 Å². The van der Waals surface area contributed by atoms with Gasteiger partial charge in [0.1, 0.15) is 12.3 Å². The molecule has 1 aromatic rings. The maximum Gasteiger partial charge on any atom is 0.325 e. The maximum absolute atomic E-state index is 11.9. The number of methoxy groups -OCH3 is 1. The monoisotopic (exact) mass is 257 g/mol. The van der Waals surface area contributed by atoms with Crippen LogP contribution in [0.5, 0.6) is 5.75 Å². The van der Waals surface area contributed by atoms with E-state index in [1.807, 2.05) is 0 Å². The Labute approximate surface area is 104 Å². The molecule has 0 bridgehead atoms. The van der Waals surface area contributed by atoms with Crippen LogP contribution in [0.3, 0.4) is 0 Å². The van der Waals surface area contributed by atoms with Gasteiger partial charge in [-0.2, -0.15) is 0 Å². The summed E-state index contributed by atoms with van der Waals surface area (Å²) >= 11 is 5.73. The van der Waals surface area contributed by atoms with Crippen molar-refractivity contribution in [3.8, 4) is 5.75 Å². The van der Waals surface area contributed by atoms with Crippen LogP contribution in [0.15, 0.2) is 18.2 Å². The minimum atomic E-state index is -0.539. The average Bonchev–Trinajstić information content (AvgIpc) is 2.31. The quantitative estimate of drug-likeness (QED) is 0.829. The first kappa shape index (κ1) is 13.3. The van der Waals surface area contributed by atoms with E-state index in [-0.39, 0.29) is 17.9 Å². The summed E-state index contributed by atoms with van der Waals surface area (Å²) < 4.78 is 4.44. The molecule has 0 spiro atoms. The van der Waals surface area contributed by atoms with E-state index in [1.54, 1.807) is 0 Å². The molecule has 0 radical (unpaired) electrons. The third-order valence-corrected chi connectivity index (χ3v) is 2.36. The number of hydrogen-bond acceptors (Lipinski definition) is 4. The van der Waals surface area contributed by atoms with E-state index in [2.05, 4.69) is 4.74 Å². The van der Waals surface area contributed by atoms with Crippen LogP contribution in [0.2, 0.25) is 5.02 Å². The van der Waals surface area contributed by atoms with Gasteiger partial charge in [0.05, 0.1) is 12.7 Å². The predicted octanol–water partition coefficient (Wildman–Crippen LogP) is 1.29. The number of aromatic hydroxyl groups is 1. The zero-order chi connectivity index (χ0) is 13.0. The van der Waals surface area contributed by atoms with Crippen LogP contribution in [-0.4, -0.2) is 42.6 Å². The number of nitrogens with zero attached hydrogens (tertiary/aromatic N) is 1. The minimum Gasteiger partial charge on any atom is -0.507 e. The Balaban J connectivity index is 2.88. The first-order chi connectivity index (χ1) is 7.95.